The third-order valence-corrected chi connectivity index (χ3v) is 8.43. The molecule has 0 radical (unpaired) electrons. The number of nitrogens with one attached hydrogen (secondary N) is 2. The number of methoxy groups -OCH3 is 2. The summed E-state index contributed by atoms with van der Waals surface area (Å²) in [5, 5.41) is 3.51. The smallest absolute Gasteiger partial charge is 0.288 e. The van der Waals surface area contributed by atoms with Crippen LogP contribution in [-0.4, -0.2) is 35.9 Å². The van der Waals surface area contributed by atoms with Crippen LogP contribution in [0.3, 0.4) is 0 Å². The molecule has 0 unspecified atom stereocenters. The first-order valence-electron chi connectivity index (χ1n) is 14.2. The molecular weight excluding hydrogens is 552 g/mol. The van der Waals surface area contributed by atoms with Crippen LogP contribution < -0.4 is 22.0 Å². The summed E-state index contributed by atoms with van der Waals surface area (Å²) in [6.45, 7) is 0. The number of hydrogen-bond donors (Lipinski definition) is 2. The Morgan fingerprint density at radius 2 is 0.818 bits per heavy atom. The topological polar surface area (TPSA) is 124 Å². The van der Waals surface area contributed by atoms with E-state index in [4.69, 9.17) is 39.4 Å². The first-order valence-corrected chi connectivity index (χ1v) is 14.2. The number of hydrogen-bond acceptors (Lipinski definition) is 8. The number of H-pyrrole nitrogens is 2. The third kappa shape index (κ3) is 3.37. The van der Waals surface area contributed by atoms with Crippen molar-refractivity contribution < 1.29 is 9.47 Å². The monoisotopic (exact) mass is 576 g/mol. The van der Waals surface area contributed by atoms with Crippen molar-refractivity contribution in [3.8, 4) is 0 Å². The lowest BCUT2D eigenvalue weighted by Gasteiger charge is -2.20. The minimum atomic E-state index is -1.37. The van der Waals surface area contributed by atoms with Gasteiger partial charge in [0.25, 0.3) is 11.7 Å². The van der Waals surface area contributed by atoms with Crippen molar-refractivity contribution in [1.29, 1.82) is 0 Å². The Labute approximate surface area is 249 Å². The predicted molar refractivity (Wildman–Crippen MR) is 165 cm³/mol. The van der Waals surface area contributed by atoms with Gasteiger partial charge in [-0.05, 0) is 0 Å². The van der Waals surface area contributed by atoms with Gasteiger partial charge in [0.05, 0.1) is 0 Å². The number of nitrogens with zero attached hydrogens (tertiary/aromatic N) is 6. The lowest BCUT2D eigenvalue weighted by Crippen LogP contribution is -2.27. The molecule has 0 saturated heterocycles. The zero-order valence-corrected chi connectivity index (χ0v) is 23.7. The standard InChI is InChI=1S/C34H24N8O2/c1-43-33-25-17-9-7-15-23(25)31(41-33)37-28-20-12-4-6-14-22(20)30(36-28)40-34(44-2)26-18-10-8-16-24(26)32(42-34)38-27-19-11-3-5-13-21(19)29(35-27)39-33/h3-18H,1-2H3,(H,35,38,39,42)(H,36,37,40,41)/t33-,34-/m1/s1. The zero-order valence-electron chi connectivity index (χ0n) is 23.7. The number of fused-ring (bicyclic) bond motifs is 18. The summed E-state index contributed by atoms with van der Waals surface area (Å²) in [7, 11) is 3.22. The van der Waals surface area contributed by atoms with E-state index in [0.717, 1.165) is 43.8 Å². The molecule has 3 aliphatic rings. The summed E-state index contributed by atoms with van der Waals surface area (Å²) in [6, 6.07) is 31.6. The van der Waals surface area contributed by atoms with Crippen LogP contribution in [0.1, 0.15) is 22.3 Å². The fourth-order valence-electron chi connectivity index (χ4n) is 6.35. The Kier molecular flexibility index (Phi) is 5.09. The number of aliphatic imine (C=N–C) groups is 2. The summed E-state index contributed by atoms with van der Waals surface area (Å²) >= 11 is 0. The Hall–Kier alpha value is -5.58. The maximum Gasteiger partial charge on any atom is 0.288 e. The molecular formula is C34H24N8O2. The molecule has 2 N–H and O–H groups in total. The minimum absolute atomic E-state index is 0.491. The predicted octanol–water partition coefficient (Wildman–Crippen LogP) is 3.28. The molecule has 10 nitrogen and oxygen atoms in total. The van der Waals surface area contributed by atoms with Gasteiger partial charge in [-0.3, -0.25) is 0 Å². The molecule has 6 aromatic rings. The van der Waals surface area contributed by atoms with Crippen LogP contribution in [0.5, 0.6) is 0 Å². The van der Waals surface area contributed by atoms with E-state index in [1.807, 2.05) is 97.1 Å². The van der Waals surface area contributed by atoms with Gasteiger partial charge in [-0.15, -0.1) is 0 Å². The molecule has 0 spiro atoms. The highest BCUT2D eigenvalue weighted by atomic mass is 16.5. The first kappa shape index (κ1) is 25.0. The first-order chi connectivity index (χ1) is 21.6. The maximum atomic E-state index is 6.13. The molecule has 0 aliphatic carbocycles. The molecule has 5 heterocycles. The highest BCUT2D eigenvalue weighted by molar-refractivity contribution is 6.05. The number of amidine groups is 2. The molecule has 4 aromatic carbocycles. The van der Waals surface area contributed by atoms with Crippen LogP contribution in [0.15, 0.2) is 127 Å². The molecule has 0 fully saturated rings. The quantitative estimate of drug-likeness (QED) is 0.329. The fourth-order valence-corrected chi connectivity index (χ4v) is 6.35. The van der Waals surface area contributed by atoms with Gasteiger partial charge in [0.15, 0.2) is 11.7 Å². The lowest BCUT2D eigenvalue weighted by molar-refractivity contribution is 0.000270. The van der Waals surface area contributed by atoms with Gasteiger partial charge >= 0.3 is 0 Å². The van der Waals surface area contributed by atoms with E-state index < -0.39 is 11.7 Å². The largest absolute Gasteiger partial charge is 0.335 e. The number of benzene rings is 4. The highest BCUT2D eigenvalue weighted by Crippen LogP contribution is 2.39. The average molecular weight is 577 g/mol. The Morgan fingerprint density at radius 3 is 1.23 bits per heavy atom. The van der Waals surface area contributed by atoms with E-state index in [-0.39, 0.29) is 0 Å². The van der Waals surface area contributed by atoms with E-state index in [1.165, 1.54) is 0 Å². The van der Waals surface area contributed by atoms with Crippen LogP contribution in [0, 0.1) is 0 Å². The van der Waals surface area contributed by atoms with Crippen molar-refractivity contribution >= 4 is 33.2 Å². The van der Waals surface area contributed by atoms with E-state index in [2.05, 4.69) is 9.97 Å². The molecule has 10 heteroatoms. The molecule has 9 rings (SSSR count). The minimum Gasteiger partial charge on any atom is -0.335 e. The van der Waals surface area contributed by atoms with Crippen molar-refractivity contribution in [3.05, 3.63) is 141 Å². The molecule has 3 aliphatic heterocycles. The second-order valence-corrected chi connectivity index (χ2v) is 10.8. The molecule has 2 atom stereocenters. The van der Waals surface area contributed by atoms with Crippen molar-refractivity contribution in [2.75, 3.05) is 14.2 Å². The number of aromatic amines is 2. The van der Waals surface area contributed by atoms with Gasteiger partial charge in [0.2, 0.25) is 0 Å². The Morgan fingerprint density at radius 1 is 0.455 bits per heavy atom. The van der Waals surface area contributed by atoms with E-state index in [0.29, 0.717) is 33.6 Å². The average Bonchev–Trinajstić information content (AvgIpc) is 3.78. The van der Waals surface area contributed by atoms with Crippen LogP contribution in [0.2, 0.25) is 0 Å². The molecule has 8 bridgehead atoms. The van der Waals surface area contributed by atoms with Gasteiger partial charge < -0.3 is 19.4 Å². The Balaban J connectivity index is 1.49. The second kappa shape index (κ2) is 8.96. The van der Waals surface area contributed by atoms with Gasteiger partial charge in [0.1, 0.15) is 22.0 Å². The van der Waals surface area contributed by atoms with Gasteiger partial charge in [-0.1, -0.05) is 97.1 Å². The normalized spacial score (nSPS) is 23.0. The van der Waals surface area contributed by atoms with Crippen molar-refractivity contribution in [2.24, 2.45) is 30.0 Å². The summed E-state index contributed by atoms with van der Waals surface area (Å²) in [4.78, 5) is 37.4. The molecule has 212 valence electrons. The van der Waals surface area contributed by atoms with Crippen LogP contribution in [-0.2, 0) is 21.2 Å². The Bertz CT molecular complexity index is 2330. The van der Waals surface area contributed by atoms with Crippen molar-refractivity contribution in [3.63, 3.8) is 0 Å². The SMILES string of the molecule is CO[C@@]12N=C(N=c3[nH]/c(c4ccccc34)=N\[C@@]3(OC)N=C(N=c4[nH]/c(c5ccccc45)=N\1)c1ccccc13)c1ccccc12. The molecule has 0 amide bonds. The van der Waals surface area contributed by atoms with Gasteiger partial charge in [-0.25, -0.2) is 30.0 Å². The molecule has 44 heavy (non-hydrogen) atoms. The van der Waals surface area contributed by atoms with Crippen molar-refractivity contribution in [2.45, 2.75) is 11.7 Å². The number of aromatic nitrogens is 2. The lowest BCUT2D eigenvalue weighted by atomic mass is 10.1. The van der Waals surface area contributed by atoms with Gasteiger partial charge in [0, 0.05) is 58.0 Å². The van der Waals surface area contributed by atoms with E-state index in [9.17, 15) is 0 Å². The van der Waals surface area contributed by atoms with E-state index >= 15 is 0 Å². The van der Waals surface area contributed by atoms with Crippen LogP contribution in [0.4, 0.5) is 0 Å². The summed E-state index contributed by atoms with van der Waals surface area (Å²) in [5.41, 5.74) is 5.60. The summed E-state index contributed by atoms with van der Waals surface area (Å²) in [6.07, 6.45) is 0. The third-order valence-electron chi connectivity index (χ3n) is 8.43. The number of ether oxygens (including phenoxy) is 2. The van der Waals surface area contributed by atoms with Crippen LogP contribution >= 0.6 is 0 Å². The number of rotatable bonds is 2. The molecule has 2 aromatic heterocycles. The second-order valence-electron chi connectivity index (χ2n) is 10.8. The van der Waals surface area contributed by atoms with Crippen molar-refractivity contribution in [1.82, 2.24) is 9.97 Å². The van der Waals surface area contributed by atoms with Crippen LogP contribution in [0.25, 0.3) is 21.5 Å². The van der Waals surface area contributed by atoms with Gasteiger partial charge in [-0.2, -0.15) is 0 Å². The summed E-state index contributed by atoms with van der Waals surface area (Å²) < 4.78 is 12.3. The zero-order chi connectivity index (χ0) is 29.5. The maximum absolute atomic E-state index is 6.13. The van der Waals surface area contributed by atoms with E-state index in [1.54, 1.807) is 14.2 Å². The highest BCUT2D eigenvalue weighted by Gasteiger charge is 2.42. The summed E-state index contributed by atoms with van der Waals surface area (Å²) in [5.74, 6) is -1.75. The molecule has 0 saturated carbocycles. The fraction of sp³-hybridized carbons (Fsp3) is 0.118.